The van der Waals surface area contributed by atoms with Gasteiger partial charge in [-0.05, 0) is 83.1 Å². The fourth-order valence-corrected chi connectivity index (χ4v) is 8.15. The van der Waals surface area contributed by atoms with Crippen molar-refractivity contribution in [1.29, 1.82) is 0 Å². The van der Waals surface area contributed by atoms with Gasteiger partial charge in [0.1, 0.15) is 12.4 Å². The van der Waals surface area contributed by atoms with Crippen LogP contribution < -0.4 is 30.7 Å². The number of methoxy groups -OCH3 is 2. The van der Waals surface area contributed by atoms with E-state index in [0.29, 0.717) is 58.6 Å². The van der Waals surface area contributed by atoms with Crippen molar-refractivity contribution < 1.29 is 46.9 Å². The number of anilines is 4. The number of aryl methyl sites for hydroxylation is 1. The smallest absolute Gasteiger partial charge is 0.470 e. The molecule has 62 heavy (non-hydrogen) atoms. The number of phosphoric ester groups is 1. The van der Waals surface area contributed by atoms with Gasteiger partial charge in [-0.25, -0.2) is 14.5 Å². The Kier molecular flexibility index (Phi) is 14.4. The molecule has 328 valence electrons. The van der Waals surface area contributed by atoms with Gasteiger partial charge in [0.25, 0.3) is 17.7 Å². The minimum atomic E-state index is -4.89. The van der Waals surface area contributed by atoms with Gasteiger partial charge >= 0.3 is 7.82 Å². The predicted molar refractivity (Wildman–Crippen MR) is 239 cm³/mol. The van der Waals surface area contributed by atoms with Gasteiger partial charge in [-0.2, -0.15) is 0 Å². The number of nitrogens with one attached hydrogen (secondary N) is 4. The average Bonchev–Trinajstić information content (AvgIpc) is 3.22. The molecular formula is C43H50N7O10PS. The molecule has 3 amide bonds. The molecule has 6 N–H and O–H groups in total. The molecule has 1 aliphatic heterocycles. The summed E-state index contributed by atoms with van der Waals surface area (Å²) < 4.78 is 38.3. The molecule has 0 radical (unpaired) electrons. The Hall–Kier alpha value is -5.75. The lowest BCUT2D eigenvalue weighted by Gasteiger charge is -2.26. The van der Waals surface area contributed by atoms with Gasteiger partial charge in [0.05, 0.1) is 36.7 Å². The third-order valence-electron chi connectivity index (χ3n) is 10.1. The first kappa shape index (κ1) is 45.8. The second-order valence-corrected chi connectivity index (χ2v) is 18.5. The molecule has 1 saturated heterocycles. The van der Waals surface area contributed by atoms with E-state index in [9.17, 15) is 23.2 Å². The topological polar surface area (TPSA) is 231 Å². The van der Waals surface area contributed by atoms with Crippen LogP contribution in [0, 0.1) is 6.92 Å². The number of carbonyl (C=O) groups is 3. The maximum absolute atomic E-state index is 13.9. The Morgan fingerprint density at radius 2 is 1.63 bits per heavy atom. The van der Waals surface area contributed by atoms with Crippen LogP contribution in [0.5, 0.6) is 11.5 Å². The van der Waals surface area contributed by atoms with Gasteiger partial charge in [0.2, 0.25) is 5.95 Å². The molecule has 19 heteroatoms. The molecule has 1 fully saturated rings. The Morgan fingerprint density at radius 1 is 0.903 bits per heavy atom. The molecular weight excluding hydrogens is 838 g/mol. The van der Waals surface area contributed by atoms with Crippen molar-refractivity contribution in [3.05, 3.63) is 95.2 Å². The Balaban J connectivity index is 1.16. The molecule has 0 unspecified atom stereocenters. The van der Waals surface area contributed by atoms with Crippen LogP contribution in [0.15, 0.2) is 72.9 Å². The molecule has 1 aliphatic rings. The first-order chi connectivity index (χ1) is 29.4. The number of carbonyl (C=O) groups excluding carboxylic acids is 3. The number of hydrogen-bond acceptors (Lipinski definition) is 12. The Bertz CT molecular complexity index is 2570. The summed E-state index contributed by atoms with van der Waals surface area (Å²) in [6.07, 6.45) is 1.70. The molecule has 0 saturated carbocycles. The monoisotopic (exact) mass is 887 g/mol. The summed E-state index contributed by atoms with van der Waals surface area (Å²) in [5, 5.41) is 12.4. The van der Waals surface area contributed by atoms with E-state index in [-0.39, 0.29) is 23.0 Å². The number of amides is 3. The van der Waals surface area contributed by atoms with E-state index in [1.807, 2.05) is 52.0 Å². The van der Waals surface area contributed by atoms with Crippen molar-refractivity contribution in [2.24, 2.45) is 0 Å². The quantitative estimate of drug-likeness (QED) is 0.0688. The summed E-state index contributed by atoms with van der Waals surface area (Å²) in [6, 6.07) is 19.6. The maximum Gasteiger partial charge on any atom is 0.470 e. The Labute approximate surface area is 361 Å². The van der Waals surface area contributed by atoms with Gasteiger partial charge in [-0.1, -0.05) is 32.9 Å². The second kappa shape index (κ2) is 19.5. The number of nitrogens with zero attached hydrogens (tertiary/aromatic N) is 3. The zero-order chi connectivity index (χ0) is 44.8. The summed E-state index contributed by atoms with van der Waals surface area (Å²) >= 11 is 0. The van der Waals surface area contributed by atoms with E-state index in [1.165, 1.54) is 14.2 Å². The number of hydrogen-bond donors (Lipinski definition) is 6. The summed E-state index contributed by atoms with van der Waals surface area (Å²) in [5.41, 5.74) is 5.33. The van der Waals surface area contributed by atoms with Gasteiger partial charge in [-0.15, -0.1) is 0 Å². The minimum absolute atomic E-state index is 0.131. The van der Waals surface area contributed by atoms with E-state index in [1.54, 1.807) is 48.7 Å². The van der Waals surface area contributed by atoms with Crippen LogP contribution in [-0.2, 0) is 30.1 Å². The fraction of sp³-hybridized carbons (Fsp3) is 0.326. The highest BCUT2D eigenvalue weighted by molar-refractivity contribution is 7.85. The van der Waals surface area contributed by atoms with E-state index in [4.69, 9.17) is 24.2 Å². The summed E-state index contributed by atoms with van der Waals surface area (Å²) in [6.45, 7) is 9.54. The predicted octanol–water partition coefficient (Wildman–Crippen LogP) is 5.76. The van der Waals surface area contributed by atoms with Crippen LogP contribution in [0.3, 0.4) is 0 Å². The highest BCUT2D eigenvalue weighted by Gasteiger charge is 2.24. The third-order valence-corrected chi connectivity index (χ3v) is 11.9. The molecule has 4 aromatic carbocycles. The van der Waals surface area contributed by atoms with E-state index in [0.717, 1.165) is 40.7 Å². The van der Waals surface area contributed by atoms with Gasteiger partial charge < -0.3 is 40.5 Å². The molecule has 2 heterocycles. The standard InChI is InChI=1S/C43H50N7O10PS/c1-26-7-8-28(40(52)48-36-22-30(43(2,3)4)21-35(39(36)59-6)47-38(51)25-60-61(54,55)56)20-33(26)27-9-12-34-29(19-27)24-45-42(49-34)46-31-10-11-32(37(23-31)58-5)41(53)44-13-14-50-15-17-62(57)18-16-50/h7-12,19-24H,13-18,25H2,1-6H3,(H,44,53)(H,47,51)(H,48,52)(H,45,46,49)(H2,54,55,56). The zero-order valence-electron chi connectivity index (χ0n) is 35.2. The SMILES string of the molecule is COc1cc(Nc2ncc3cc(-c4cc(C(=O)Nc5cc(C(C)(C)C)cc(NC(=O)COP(=O)(O)O)c5OC)ccc4C)ccc3n2)ccc1C(=O)NCCN1CCS(=O)CC1. The first-order valence-electron chi connectivity index (χ1n) is 19.6. The summed E-state index contributed by atoms with van der Waals surface area (Å²) in [7, 11) is -2.77. The molecule has 0 atom stereocenters. The van der Waals surface area contributed by atoms with Crippen molar-refractivity contribution in [1.82, 2.24) is 20.2 Å². The van der Waals surface area contributed by atoms with Crippen LogP contribution >= 0.6 is 7.82 Å². The van der Waals surface area contributed by atoms with Gasteiger partial charge in [-0.3, -0.25) is 28.0 Å². The van der Waals surface area contributed by atoms with Crippen molar-refractivity contribution in [3.8, 4) is 22.6 Å². The van der Waals surface area contributed by atoms with Gasteiger partial charge in [0, 0.05) is 77.4 Å². The van der Waals surface area contributed by atoms with Crippen molar-refractivity contribution in [2.75, 3.05) is 74.5 Å². The van der Waals surface area contributed by atoms with Gasteiger partial charge in [0.15, 0.2) is 5.75 Å². The molecule has 0 spiro atoms. The summed E-state index contributed by atoms with van der Waals surface area (Å²) in [4.78, 5) is 68.9. The number of rotatable bonds is 15. The van der Waals surface area contributed by atoms with Crippen LogP contribution in [-0.4, -0.2) is 105 Å². The van der Waals surface area contributed by atoms with Crippen LogP contribution in [0.1, 0.15) is 52.6 Å². The third kappa shape index (κ3) is 11.8. The lowest BCUT2D eigenvalue weighted by atomic mass is 9.86. The van der Waals surface area contributed by atoms with Crippen LogP contribution in [0.4, 0.5) is 23.0 Å². The lowest BCUT2D eigenvalue weighted by Crippen LogP contribution is -2.42. The average molecular weight is 888 g/mol. The number of phosphoric acid groups is 1. The molecule has 17 nitrogen and oxygen atoms in total. The first-order valence-corrected chi connectivity index (χ1v) is 22.6. The van der Waals surface area contributed by atoms with Crippen LogP contribution in [0.25, 0.3) is 22.0 Å². The molecule has 1 aromatic heterocycles. The molecule has 0 aliphatic carbocycles. The number of ether oxygens (including phenoxy) is 2. The molecule has 0 bridgehead atoms. The summed E-state index contributed by atoms with van der Waals surface area (Å²) in [5.74, 6) is 0.633. The minimum Gasteiger partial charge on any atom is -0.496 e. The van der Waals surface area contributed by atoms with Crippen molar-refractivity contribution in [3.63, 3.8) is 0 Å². The lowest BCUT2D eigenvalue weighted by molar-refractivity contribution is -0.118. The normalized spacial score (nSPS) is 13.7. The highest BCUT2D eigenvalue weighted by Crippen LogP contribution is 2.40. The van der Waals surface area contributed by atoms with Crippen molar-refractivity contribution >= 4 is 70.3 Å². The zero-order valence-corrected chi connectivity index (χ0v) is 36.9. The highest BCUT2D eigenvalue weighted by atomic mass is 32.2. The van der Waals surface area contributed by atoms with Crippen LogP contribution in [0.2, 0.25) is 0 Å². The van der Waals surface area contributed by atoms with E-state index in [2.05, 4.69) is 35.7 Å². The van der Waals surface area contributed by atoms with Crippen molar-refractivity contribution in [2.45, 2.75) is 33.1 Å². The number of benzene rings is 4. The number of aromatic nitrogens is 2. The maximum atomic E-state index is 13.9. The van der Waals surface area contributed by atoms with E-state index < -0.39 is 42.5 Å². The number of fused-ring (bicyclic) bond motifs is 1. The molecule has 6 rings (SSSR count). The molecule has 5 aromatic rings. The largest absolute Gasteiger partial charge is 0.496 e. The van der Waals surface area contributed by atoms with E-state index >= 15 is 0 Å². The fourth-order valence-electron chi connectivity index (χ4n) is 6.73. The Morgan fingerprint density at radius 3 is 2.31 bits per heavy atom. The second-order valence-electron chi connectivity index (χ2n) is 15.6.